The summed E-state index contributed by atoms with van der Waals surface area (Å²) in [6.07, 6.45) is 3.78. The Morgan fingerprint density at radius 2 is 2.27 bits per heavy atom. The highest BCUT2D eigenvalue weighted by Crippen LogP contribution is 2.23. The lowest BCUT2D eigenvalue weighted by atomic mass is 9.92. The van der Waals surface area contributed by atoms with Crippen LogP contribution in [0, 0.1) is 5.92 Å². The fourth-order valence-electron chi connectivity index (χ4n) is 2.28. The highest BCUT2D eigenvalue weighted by molar-refractivity contribution is 5.33. The lowest BCUT2D eigenvalue weighted by molar-refractivity contribution is 0.364. The van der Waals surface area contributed by atoms with Crippen LogP contribution in [0.1, 0.15) is 18.4 Å². The van der Waals surface area contributed by atoms with Crippen molar-refractivity contribution in [2.75, 3.05) is 20.2 Å². The average molecular weight is 205 g/mol. The monoisotopic (exact) mass is 205 g/mol. The minimum absolute atomic E-state index is 0.773. The van der Waals surface area contributed by atoms with Gasteiger partial charge < -0.3 is 10.1 Å². The summed E-state index contributed by atoms with van der Waals surface area (Å²) in [7, 11) is 1.75. The van der Waals surface area contributed by atoms with Gasteiger partial charge in [0.05, 0.1) is 7.11 Å². The van der Waals surface area contributed by atoms with Crippen molar-refractivity contribution < 1.29 is 4.74 Å². The number of hydrogen-bond donors (Lipinski definition) is 1. The Hall–Kier alpha value is -1.02. The van der Waals surface area contributed by atoms with E-state index in [0.717, 1.165) is 24.6 Å². The molecule has 1 aromatic rings. The van der Waals surface area contributed by atoms with Crippen LogP contribution in [-0.2, 0) is 6.42 Å². The second-order valence-electron chi connectivity index (χ2n) is 4.23. The summed E-state index contributed by atoms with van der Waals surface area (Å²) < 4.78 is 5.37. The molecule has 1 N–H and O–H groups in total. The highest BCUT2D eigenvalue weighted by atomic mass is 16.5. The summed E-state index contributed by atoms with van der Waals surface area (Å²) in [4.78, 5) is 0. The van der Waals surface area contributed by atoms with Crippen LogP contribution in [0.15, 0.2) is 24.3 Å². The molecule has 2 heteroatoms. The van der Waals surface area contributed by atoms with Crippen molar-refractivity contribution in [3.8, 4) is 5.75 Å². The van der Waals surface area contributed by atoms with E-state index in [-0.39, 0.29) is 0 Å². The first-order chi connectivity index (χ1) is 7.40. The summed E-state index contributed by atoms with van der Waals surface area (Å²) in [5, 5.41) is 3.45. The summed E-state index contributed by atoms with van der Waals surface area (Å²) >= 11 is 0. The van der Waals surface area contributed by atoms with Gasteiger partial charge in [0, 0.05) is 0 Å². The lowest BCUT2D eigenvalue weighted by Gasteiger charge is -2.23. The van der Waals surface area contributed by atoms with Gasteiger partial charge in [-0.25, -0.2) is 0 Å². The zero-order chi connectivity index (χ0) is 10.5. The van der Waals surface area contributed by atoms with Gasteiger partial charge in [0.2, 0.25) is 0 Å². The first kappa shape index (κ1) is 10.5. The molecule has 1 saturated heterocycles. The molecule has 0 spiro atoms. The number of nitrogens with one attached hydrogen (secondary N) is 1. The second kappa shape index (κ2) is 5.17. The van der Waals surface area contributed by atoms with Crippen LogP contribution in [0.3, 0.4) is 0 Å². The summed E-state index contributed by atoms with van der Waals surface area (Å²) in [5.41, 5.74) is 1.34. The number of ether oxygens (including phenoxy) is 1. The molecule has 1 fully saturated rings. The van der Waals surface area contributed by atoms with Gasteiger partial charge in [0.1, 0.15) is 5.75 Å². The predicted octanol–water partition coefficient (Wildman–Crippen LogP) is 2.24. The Kier molecular flexibility index (Phi) is 3.62. The van der Waals surface area contributed by atoms with Crippen molar-refractivity contribution in [1.82, 2.24) is 5.32 Å². The summed E-state index contributed by atoms with van der Waals surface area (Å²) in [6, 6.07) is 8.34. The normalized spacial score (nSPS) is 21.3. The Balaban J connectivity index is 2.02. The minimum atomic E-state index is 0.773. The van der Waals surface area contributed by atoms with E-state index in [4.69, 9.17) is 4.74 Å². The molecule has 0 radical (unpaired) electrons. The van der Waals surface area contributed by atoms with Gasteiger partial charge >= 0.3 is 0 Å². The molecular formula is C13H19NO. The smallest absolute Gasteiger partial charge is 0.122 e. The van der Waals surface area contributed by atoms with E-state index in [1.807, 2.05) is 12.1 Å². The van der Waals surface area contributed by atoms with Gasteiger partial charge in [-0.2, -0.15) is 0 Å². The van der Waals surface area contributed by atoms with E-state index in [2.05, 4.69) is 17.4 Å². The van der Waals surface area contributed by atoms with Crippen LogP contribution in [-0.4, -0.2) is 20.2 Å². The molecule has 1 atom stereocenters. The maximum Gasteiger partial charge on any atom is 0.122 e. The Bertz CT molecular complexity index is 305. The van der Waals surface area contributed by atoms with Gasteiger partial charge in [0.15, 0.2) is 0 Å². The summed E-state index contributed by atoms with van der Waals surface area (Å²) in [6.45, 7) is 2.33. The van der Waals surface area contributed by atoms with Gasteiger partial charge in [-0.1, -0.05) is 18.2 Å². The van der Waals surface area contributed by atoms with E-state index in [1.165, 1.54) is 24.9 Å². The largest absolute Gasteiger partial charge is 0.496 e. The number of hydrogen-bond acceptors (Lipinski definition) is 2. The molecular weight excluding hydrogens is 186 g/mol. The maximum absolute atomic E-state index is 5.37. The van der Waals surface area contributed by atoms with Gasteiger partial charge in [-0.05, 0) is 49.9 Å². The minimum Gasteiger partial charge on any atom is -0.496 e. The van der Waals surface area contributed by atoms with Crippen LogP contribution in [0.4, 0.5) is 0 Å². The molecule has 0 aliphatic carbocycles. The van der Waals surface area contributed by atoms with Crippen LogP contribution in [0.25, 0.3) is 0 Å². The zero-order valence-electron chi connectivity index (χ0n) is 9.33. The van der Waals surface area contributed by atoms with Crippen molar-refractivity contribution in [1.29, 1.82) is 0 Å². The Morgan fingerprint density at radius 1 is 1.40 bits per heavy atom. The Morgan fingerprint density at radius 3 is 3.00 bits per heavy atom. The number of methoxy groups -OCH3 is 1. The fourth-order valence-corrected chi connectivity index (χ4v) is 2.28. The molecule has 1 aliphatic heterocycles. The SMILES string of the molecule is COc1ccccc1C[C@@H]1CCCNC1. The van der Waals surface area contributed by atoms with Crippen LogP contribution in [0.5, 0.6) is 5.75 Å². The molecule has 2 nitrogen and oxygen atoms in total. The molecule has 1 aliphatic rings. The van der Waals surface area contributed by atoms with Crippen LogP contribution < -0.4 is 10.1 Å². The van der Waals surface area contributed by atoms with Crippen molar-refractivity contribution in [3.63, 3.8) is 0 Å². The van der Waals surface area contributed by atoms with Gasteiger partial charge in [-0.15, -0.1) is 0 Å². The van der Waals surface area contributed by atoms with Crippen LogP contribution in [0.2, 0.25) is 0 Å². The van der Waals surface area contributed by atoms with Crippen molar-refractivity contribution >= 4 is 0 Å². The lowest BCUT2D eigenvalue weighted by Crippen LogP contribution is -2.30. The van der Waals surface area contributed by atoms with E-state index >= 15 is 0 Å². The van der Waals surface area contributed by atoms with Gasteiger partial charge in [-0.3, -0.25) is 0 Å². The maximum atomic E-state index is 5.37. The molecule has 15 heavy (non-hydrogen) atoms. The average Bonchev–Trinajstić information content (AvgIpc) is 2.31. The quantitative estimate of drug-likeness (QED) is 0.817. The highest BCUT2D eigenvalue weighted by Gasteiger charge is 2.15. The second-order valence-corrected chi connectivity index (χ2v) is 4.23. The standard InChI is InChI=1S/C13H19NO/c1-15-13-7-3-2-6-12(13)9-11-5-4-8-14-10-11/h2-3,6-7,11,14H,4-5,8-10H2,1H3/t11-/m0/s1. The third-order valence-electron chi connectivity index (χ3n) is 3.10. The molecule has 0 unspecified atom stereocenters. The van der Waals surface area contributed by atoms with E-state index in [9.17, 15) is 0 Å². The molecule has 1 heterocycles. The molecule has 2 rings (SSSR count). The molecule has 0 amide bonds. The predicted molar refractivity (Wildman–Crippen MR) is 62.3 cm³/mol. The third kappa shape index (κ3) is 2.72. The fraction of sp³-hybridized carbons (Fsp3) is 0.538. The molecule has 82 valence electrons. The Labute approximate surface area is 91.6 Å². The number of benzene rings is 1. The van der Waals surface area contributed by atoms with Crippen molar-refractivity contribution in [2.24, 2.45) is 5.92 Å². The first-order valence-electron chi connectivity index (χ1n) is 5.73. The third-order valence-corrected chi connectivity index (χ3v) is 3.10. The van der Waals surface area contributed by atoms with Crippen molar-refractivity contribution in [3.05, 3.63) is 29.8 Å². The van der Waals surface area contributed by atoms with E-state index in [1.54, 1.807) is 7.11 Å². The van der Waals surface area contributed by atoms with E-state index in [0.29, 0.717) is 0 Å². The topological polar surface area (TPSA) is 21.3 Å². The van der Waals surface area contributed by atoms with Crippen molar-refractivity contribution in [2.45, 2.75) is 19.3 Å². The first-order valence-corrected chi connectivity index (χ1v) is 5.73. The molecule has 1 aromatic carbocycles. The number of rotatable bonds is 3. The van der Waals surface area contributed by atoms with Gasteiger partial charge in [0.25, 0.3) is 0 Å². The zero-order valence-corrected chi connectivity index (χ0v) is 9.33. The summed E-state index contributed by atoms with van der Waals surface area (Å²) in [5.74, 6) is 1.80. The van der Waals surface area contributed by atoms with Crippen LogP contribution >= 0.6 is 0 Å². The molecule has 0 saturated carbocycles. The number of para-hydroxylation sites is 1. The molecule has 0 bridgehead atoms. The van der Waals surface area contributed by atoms with E-state index < -0.39 is 0 Å². The molecule has 0 aromatic heterocycles. The number of piperidine rings is 1.